The maximum absolute atomic E-state index is 12.8. The molecular weight excluding hydrogens is 871 g/mol. The van der Waals surface area contributed by atoms with Crippen molar-refractivity contribution in [2.45, 2.75) is 199 Å². The molecule has 0 bridgehead atoms. The van der Waals surface area contributed by atoms with Gasteiger partial charge in [0.15, 0.2) is 12.1 Å². The molecule has 0 saturated heterocycles. The molecule has 0 aliphatic rings. The summed E-state index contributed by atoms with van der Waals surface area (Å²) >= 11 is 0. The van der Waals surface area contributed by atoms with E-state index in [1.54, 1.807) is 0 Å². The zero-order valence-corrected chi connectivity index (χ0v) is 44.9. The number of carbonyl (C=O) groups is 3. The van der Waals surface area contributed by atoms with Crippen molar-refractivity contribution in [3.63, 3.8) is 0 Å². The van der Waals surface area contributed by atoms with Crippen LogP contribution in [0, 0.1) is 0 Å². The number of unbranched alkanes of at least 4 members (excludes halogenated alkanes) is 11. The quantitative estimate of drug-likeness (QED) is 0.0281. The highest BCUT2D eigenvalue weighted by molar-refractivity contribution is 5.72. The van der Waals surface area contributed by atoms with Crippen LogP contribution in [0.2, 0.25) is 0 Å². The largest absolute Gasteiger partial charge is 0.477 e. The Kier molecular flexibility index (Phi) is 47.6. The van der Waals surface area contributed by atoms with Crippen molar-refractivity contribution < 1.29 is 38.2 Å². The summed E-state index contributed by atoms with van der Waals surface area (Å²) < 4.78 is 17.3. The predicted molar refractivity (Wildman–Crippen MR) is 298 cm³/mol. The Hall–Kier alpha value is -4.53. The summed E-state index contributed by atoms with van der Waals surface area (Å²) in [6.07, 6.45) is 73.7. The van der Waals surface area contributed by atoms with Crippen LogP contribution in [0.1, 0.15) is 187 Å². The molecule has 2 atom stereocenters. The molecular formula is C62H100NO7+. The second kappa shape index (κ2) is 50.8. The number of aliphatic carboxylic acids is 1. The third kappa shape index (κ3) is 48.5. The Morgan fingerprint density at radius 3 is 1.16 bits per heavy atom. The van der Waals surface area contributed by atoms with Gasteiger partial charge in [-0.2, -0.15) is 0 Å². The molecule has 0 radical (unpaired) electrons. The molecule has 0 heterocycles. The number of esters is 2. The highest BCUT2D eigenvalue weighted by Crippen LogP contribution is 2.14. The number of carboxylic acid groups (broad SMARTS) is 1. The lowest BCUT2D eigenvalue weighted by molar-refractivity contribution is -0.887. The molecule has 0 aromatic carbocycles. The first-order chi connectivity index (χ1) is 34.1. The number of carbonyl (C=O) groups excluding carboxylic acids is 2. The van der Waals surface area contributed by atoms with E-state index in [4.69, 9.17) is 14.2 Å². The van der Waals surface area contributed by atoms with Gasteiger partial charge in [0.1, 0.15) is 6.61 Å². The molecule has 70 heavy (non-hydrogen) atoms. The predicted octanol–water partition coefficient (Wildman–Crippen LogP) is 16.3. The van der Waals surface area contributed by atoms with Crippen LogP contribution in [0.25, 0.3) is 0 Å². The van der Waals surface area contributed by atoms with E-state index >= 15 is 0 Å². The van der Waals surface area contributed by atoms with Gasteiger partial charge in [0.2, 0.25) is 0 Å². The Labute approximate surface area is 428 Å². The van der Waals surface area contributed by atoms with Crippen LogP contribution in [0.4, 0.5) is 0 Å². The van der Waals surface area contributed by atoms with Gasteiger partial charge in [-0.25, -0.2) is 4.79 Å². The SMILES string of the molecule is CC/C=C/C/C=C/C/C=C/C/C=C/C/C=C/C/C=C/C/C=C/CCCC(=O)OC(COCCC(C(=O)O)[N+](C)(C)C)COC(=O)CCCCCCCCCCCC/C=C/C/C=C/C/C=C/C/C=C/CC. The van der Waals surface area contributed by atoms with Gasteiger partial charge in [-0.15, -0.1) is 0 Å². The maximum atomic E-state index is 12.8. The molecule has 8 heteroatoms. The van der Waals surface area contributed by atoms with Crippen LogP contribution < -0.4 is 0 Å². The van der Waals surface area contributed by atoms with Gasteiger partial charge < -0.3 is 23.8 Å². The van der Waals surface area contributed by atoms with Gasteiger partial charge in [0.25, 0.3) is 0 Å². The molecule has 8 nitrogen and oxygen atoms in total. The number of carboxylic acids is 1. The van der Waals surface area contributed by atoms with Crippen LogP contribution in [0.15, 0.2) is 134 Å². The van der Waals surface area contributed by atoms with Gasteiger partial charge in [-0.05, 0) is 103 Å². The van der Waals surface area contributed by atoms with E-state index in [0.717, 1.165) is 103 Å². The fourth-order valence-electron chi connectivity index (χ4n) is 7.19. The van der Waals surface area contributed by atoms with Gasteiger partial charge in [0.05, 0.1) is 34.4 Å². The number of quaternary nitrogens is 1. The van der Waals surface area contributed by atoms with Gasteiger partial charge in [0, 0.05) is 19.3 Å². The molecule has 0 amide bonds. The van der Waals surface area contributed by atoms with Crippen LogP contribution in [-0.4, -0.2) is 80.6 Å². The zero-order valence-electron chi connectivity index (χ0n) is 44.9. The number of ether oxygens (including phenoxy) is 3. The van der Waals surface area contributed by atoms with E-state index in [9.17, 15) is 19.5 Å². The van der Waals surface area contributed by atoms with E-state index in [1.165, 1.54) is 44.9 Å². The fourth-order valence-corrected chi connectivity index (χ4v) is 7.19. The van der Waals surface area contributed by atoms with Crippen molar-refractivity contribution in [3.8, 4) is 0 Å². The second-order valence-corrected chi connectivity index (χ2v) is 18.7. The second-order valence-electron chi connectivity index (χ2n) is 18.7. The van der Waals surface area contributed by atoms with Crippen molar-refractivity contribution in [3.05, 3.63) is 134 Å². The molecule has 0 aliphatic carbocycles. The molecule has 0 aromatic rings. The van der Waals surface area contributed by atoms with Crippen LogP contribution >= 0.6 is 0 Å². The third-order valence-corrected chi connectivity index (χ3v) is 11.3. The summed E-state index contributed by atoms with van der Waals surface area (Å²) in [4.78, 5) is 37.2. The fraction of sp³-hybridized carbons (Fsp3) is 0.597. The highest BCUT2D eigenvalue weighted by atomic mass is 16.6. The van der Waals surface area contributed by atoms with Gasteiger partial charge in [-0.3, -0.25) is 9.59 Å². The smallest absolute Gasteiger partial charge is 0.362 e. The summed E-state index contributed by atoms with van der Waals surface area (Å²) in [6, 6.07) is -0.635. The first-order valence-electron chi connectivity index (χ1n) is 27.2. The minimum atomic E-state index is -0.890. The van der Waals surface area contributed by atoms with Crippen molar-refractivity contribution >= 4 is 17.9 Å². The summed E-state index contributed by atoms with van der Waals surface area (Å²) in [5, 5.41) is 9.67. The van der Waals surface area contributed by atoms with Crippen LogP contribution in [0.3, 0.4) is 0 Å². The van der Waals surface area contributed by atoms with Crippen LogP contribution in [0.5, 0.6) is 0 Å². The molecule has 0 rings (SSSR count). The summed E-state index contributed by atoms with van der Waals surface area (Å²) in [5.74, 6) is -1.56. The van der Waals surface area contributed by atoms with E-state index in [0.29, 0.717) is 19.3 Å². The molecule has 1 N–H and O–H groups in total. The van der Waals surface area contributed by atoms with Crippen molar-refractivity contribution in [1.29, 1.82) is 0 Å². The highest BCUT2D eigenvalue weighted by Gasteiger charge is 2.31. The van der Waals surface area contributed by atoms with Crippen molar-refractivity contribution in [2.75, 3.05) is 41.0 Å². The lowest BCUT2D eigenvalue weighted by Crippen LogP contribution is -2.50. The van der Waals surface area contributed by atoms with Crippen molar-refractivity contribution in [1.82, 2.24) is 0 Å². The molecule has 0 aromatic heterocycles. The first kappa shape index (κ1) is 65.5. The lowest BCUT2D eigenvalue weighted by atomic mass is 10.1. The Morgan fingerprint density at radius 1 is 0.429 bits per heavy atom. The topological polar surface area (TPSA) is 99.1 Å². The summed E-state index contributed by atoms with van der Waals surface area (Å²) in [7, 11) is 5.50. The average molecular weight is 971 g/mol. The van der Waals surface area contributed by atoms with Gasteiger partial charge >= 0.3 is 17.9 Å². The summed E-state index contributed by atoms with van der Waals surface area (Å²) in [5.41, 5.74) is 0. The molecule has 394 valence electrons. The first-order valence-corrected chi connectivity index (χ1v) is 27.2. The monoisotopic (exact) mass is 971 g/mol. The molecule has 0 saturated carbocycles. The number of hydrogen-bond donors (Lipinski definition) is 1. The Morgan fingerprint density at radius 2 is 0.771 bits per heavy atom. The van der Waals surface area contributed by atoms with E-state index in [1.807, 2.05) is 21.1 Å². The number of allylic oxidation sites excluding steroid dienone is 22. The minimum absolute atomic E-state index is 0.0274. The summed E-state index contributed by atoms with van der Waals surface area (Å²) in [6.45, 7) is 4.43. The Bertz CT molecular complexity index is 1600. The van der Waals surface area contributed by atoms with E-state index in [-0.39, 0.29) is 42.7 Å². The molecule has 2 unspecified atom stereocenters. The number of rotatable bonds is 47. The average Bonchev–Trinajstić information content (AvgIpc) is 3.33. The maximum Gasteiger partial charge on any atom is 0.362 e. The lowest BCUT2D eigenvalue weighted by Gasteiger charge is -2.31. The molecule has 0 aliphatic heterocycles. The van der Waals surface area contributed by atoms with E-state index < -0.39 is 18.1 Å². The normalized spacial score (nSPS) is 13.9. The van der Waals surface area contributed by atoms with Crippen LogP contribution in [-0.2, 0) is 28.6 Å². The number of nitrogens with zero attached hydrogens (tertiary/aromatic N) is 1. The third-order valence-electron chi connectivity index (χ3n) is 11.3. The Balaban J connectivity index is 4.35. The van der Waals surface area contributed by atoms with E-state index in [2.05, 4.69) is 148 Å². The van der Waals surface area contributed by atoms with Gasteiger partial charge in [-0.1, -0.05) is 199 Å². The number of likely N-dealkylation sites (N-methyl/N-ethyl adjacent to an activating group) is 1. The minimum Gasteiger partial charge on any atom is -0.477 e. The zero-order chi connectivity index (χ0) is 51.3. The van der Waals surface area contributed by atoms with Crippen molar-refractivity contribution in [2.24, 2.45) is 0 Å². The molecule has 0 fully saturated rings. The number of hydrogen-bond acceptors (Lipinski definition) is 6. The standard InChI is InChI=1S/C62H99NO7/c1-6-8-10-12-14-16-18-20-22-24-26-28-30-32-34-36-38-40-42-44-46-48-50-52-60(64)69-57-58(56-68-55-54-59(62(66)67)63(3,4)5)70-61(65)53-51-49-47-45-43-41-39-37-35-33-31-29-27-25-23-21-19-17-15-13-11-9-7-2/h8-11,14-17,20-23,26-29,33,35,39,41,45,47,58-59H,6-7,12-13,18-19,24-25,30-32,34,36-38,40,42-44,46,48-57H2,1-5H3/p+1/b10-8+,11-9+,16-14+,17-15+,22-20+,23-21+,28-26+,29-27+,35-33+,41-39+,47-45+. The molecule has 0 spiro atoms.